The lowest BCUT2D eigenvalue weighted by atomic mass is 10.1. The Labute approximate surface area is 81.9 Å². The van der Waals surface area contributed by atoms with Gasteiger partial charge in [0, 0.05) is 41.8 Å². The summed E-state index contributed by atoms with van der Waals surface area (Å²) in [6, 6.07) is 0.0160. The molecule has 1 aliphatic heterocycles. The Balaban J connectivity index is 2.44. The van der Waals surface area contributed by atoms with Gasteiger partial charge < -0.3 is 0 Å². The van der Waals surface area contributed by atoms with Crippen LogP contribution in [0, 0.1) is 0 Å². The fourth-order valence-electron chi connectivity index (χ4n) is 1.54. The highest BCUT2D eigenvalue weighted by molar-refractivity contribution is 7.85. The van der Waals surface area contributed by atoms with Crippen molar-refractivity contribution in [3.63, 3.8) is 0 Å². The van der Waals surface area contributed by atoms with Crippen LogP contribution in [0.4, 0.5) is 0 Å². The first-order chi connectivity index (χ1) is 6.15. The first-order valence-corrected chi connectivity index (χ1v) is 6.25. The van der Waals surface area contributed by atoms with Crippen molar-refractivity contribution in [2.45, 2.75) is 26.3 Å². The molecule has 1 unspecified atom stereocenters. The molecule has 3 nitrogen and oxygen atoms in total. The minimum Gasteiger partial charge on any atom is -0.298 e. The highest BCUT2D eigenvalue weighted by atomic mass is 32.2. The summed E-state index contributed by atoms with van der Waals surface area (Å²) in [4.78, 5) is 13.5. The number of carbonyl (C=O) groups excluding carboxylic acids is 1. The van der Waals surface area contributed by atoms with Crippen molar-refractivity contribution in [3.8, 4) is 0 Å². The minimum absolute atomic E-state index is 0.0160. The quantitative estimate of drug-likeness (QED) is 0.667. The largest absolute Gasteiger partial charge is 0.298 e. The van der Waals surface area contributed by atoms with Crippen LogP contribution in [0.2, 0.25) is 0 Å². The lowest BCUT2D eigenvalue weighted by Crippen LogP contribution is -2.46. The van der Waals surface area contributed by atoms with E-state index in [0.29, 0.717) is 6.42 Å². The van der Waals surface area contributed by atoms with Crippen LogP contribution in [0.5, 0.6) is 0 Å². The lowest BCUT2D eigenvalue weighted by molar-refractivity contribution is -0.123. The molecule has 1 fully saturated rings. The van der Waals surface area contributed by atoms with Crippen LogP contribution >= 0.6 is 0 Å². The summed E-state index contributed by atoms with van der Waals surface area (Å²) in [5, 5.41) is 0. The van der Waals surface area contributed by atoms with E-state index in [1.165, 1.54) is 0 Å². The van der Waals surface area contributed by atoms with E-state index in [2.05, 4.69) is 4.90 Å². The average molecular weight is 203 g/mol. The van der Waals surface area contributed by atoms with E-state index in [1.54, 1.807) is 0 Å². The molecule has 1 heterocycles. The van der Waals surface area contributed by atoms with Gasteiger partial charge in [-0.05, 0) is 6.92 Å². The molecular weight excluding hydrogens is 186 g/mol. The number of nitrogens with zero attached hydrogens (tertiary/aromatic N) is 1. The molecule has 0 amide bonds. The zero-order valence-corrected chi connectivity index (χ0v) is 9.10. The number of hydrogen-bond acceptors (Lipinski definition) is 3. The fourth-order valence-corrected chi connectivity index (χ4v) is 2.62. The maximum Gasteiger partial charge on any atom is 0.149 e. The van der Waals surface area contributed by atoms with Crippen LogP contribution in [0.25, 0.3) is 0 Å². The summed E-state index contributed by atoms with van der Waals surface area (Å²) in [6.45, 7) is 5.44. The average Bonchev–Trinajstić information content (AvgIpc) is 2.17. The molecule has 1 rings (SSSR count). The van der Waals surface area contributed by atoms with E-state index in [0.717, 1.165) is 24.6 Å². The van der Waals surface area contributed by atoms with E-state index < -0.39 is 10.8 Å². The van der Waals surface area contributed by atoms with Crippen LogP contribution in [-0.4, -0.2) is 45.5 Å². The van der Waals surface area contributed by atoms with Gasteiger partial charge in [-0.3, -0.25) is 13.9 Å². The van der Waals surface area contributed by atoms with Gasteiger partial charge >= 0.3 is 0 Å². The van der Waals surface area contributed by atoms with Crippen molar-refractivity contribution in [3.05, 3.63) is 0 Å². The van der Waals surface area contributed by atoms with Crippen LogP contribution in [0.3, 0.4) is 0 Å². The molecule has 0 aliphatic carbocycles. The number of ketones is 1. The van der Waals surface area contributed by atoms with Crippen molar-refractivity contribution in [2.24, 2.45) is 0 Å². The molecule has 0 N–H and O–H groups in total. The van der Waals surface area contributed by atoms with E-state index >= 15 is 0 Å². The van der Waals surface area contributed by atoms with E-state index in [9.17, 15) is 9.00 Å². The molecule has 0 aromatic rings. The molecule has 1 aliphatic rings. The van der Waals surface area contributed by atoms with Gasteiger partial charge in [0.15, 0.2) is 0 Å². The second kappa shape index (κ2) is 4.86. The first-order valence-electron chi connectivity index (χ1n) is 4.77. The molecule has 13 heavy (non-hydrogen) atoms. The second-order valence-electron chi connectivity index (χ2n) is 3.38. The predicted molar refractivity (Wildman–Crippen MR) is 54.2 cm³/mol. The Morgan fingerprint density at radius 3 is 2.46 bits per heavy atom. The molecule has 4 heteroatoms. The number of carbonyl (C=O) groups is 1. The van der Waals surface area contributed by atoms with E-state index in [4.69, 9.17) is 0 Å². The number of rotatable bonds is 3. The Kier molecular flexibility index (Phi) is 4.06. The van der Waals surface area contributed by atoms with E-state index in [-0.39, 0.29) is 11.8 Å². The van der Waals surface area contributed by atoms with Gasteiger partial charge in [0.05, 0.1) is 6.04 Å². The van der Waals surface area contributed by atoms with Gasteiger partial charge in [0.1, 0.15) is 5.78 Å². The molecule has 1 atom stereocenters. The lowest BCUT2D eigenvalue weighted by Gasteiger charge is -2.30. The van der Waals surface area contributed by atoms with Crippen molar-refractivity contribution < 1.29 is 9.00 Å². The monoisotopic (exact) mass is 203 g/mol. The van der Waals surface area contributed by atoms with Crippen molar-refractivity contribution >= 4 is 16.6 Å². The SMILES string of the molecule is CCC(=O)C(C)N1CCS(=O)CC1. The van der Waals surface area contributed by atoms with Gasteiger partial charge in [-0.25, -0.2) is 0 Å². The second-order valence-corrected chi connectivity index (χ2v) is 5.08. The van der Waals surface area contributed by atoms with Crippen molar-refractivity contribution in [2.75, 3.05) is 24.6 Å². The third-order valence-electron chi connectivity index (χ3n) is 2.57. The summed E-state index contributed by atoms with van der Waals surface area (Å²) >= 11 is 0. The van der Waals surface area contributed by atoms with E-state index in [1.807, 2.05) is 13.8 Å². The molecule has 1 saturated heterocycles. The normalized spacial score (nSPS) is 22.9. The third kappa shape index (κ3) is 2.88. The molecule has 0 bridgehead atoms. The molecule has 0 aromatic carbocycles. The highest BCUT2D eigenvalue weighted by Gasteiger charge is 2.23. The van der Waals surface area contributed by atoms with Gasteiger partial charge in [-0.15, -0.1) is 0 Å². The Hall–Kier alpha value is -0.220. The smallest absolute Gasteiger partial charge is 0.149 e. The highest BCUT2D eigenvalue weighted by Crippen LogP contribution is 2.07. The van der Waals surface area contributed by atoms with Crippen molar-refractivity contribution in [1.82, 2.24) is 4.90 Å². The zero-order valence-electron chi connectivity index (χ0n) is 8.28. The summed E-state index contributed by atoms with van der Waals surface area (Å²) < 4.78 is 11.1. The van der Waals surface area contributed by atoms with Gasteiger partial charge in [-0.2, -0.15) is 0 Å². The molecule has 0 radical (unpaired) electrons. The fraction of sp³-hybridized carbons (Fsp3) is 0.889. The van der Waals surface area contributed by atoms with Gasteiger partial charge in [0.2, 0.25) is 0 Å². The Bertz CT molecular complexity index is 208. The molecule has 0 saturated carbocycles. The van der Waals surface area contributed by atoms with Crippen LogP contribution in [0.1, 0.15) is 20.3 Å². The Morgan fingerprint density at radius 2 is 2.00 bits per heavy atom. The maximum absolute atomic E-state index is 11.4. The Morgan fingerprint density at radius 1 is 1.46 bits per heavy atom. The molecule has 0 spiro atoms. The summed E-state index contributed by atoms with van der Waals surface area (Å²) in [7, 11) is -0.646. The standard InChI is InChI=1S/C9H17NO2S/c1-3-9(11)8(2)10-4-6-13(12)7-5-10/h8H,3-7H2,1-2H3. The minimum atomic E-state index is -0.646. The third-order valence-corrected chi connectivity index (χ3v) is 3.85. The molecule has 76 valence electrons. The summed E-state index contributed by atoms with van der Waals surface area (Å²) in [5.74, 6) is 1.73. The first kappa shape index (κ1) is 10.9. The predicted octanol–water partition coefficient (Wildman–Crippen LogP) is 0.418. The topological polar surface area (TPSA) is 37.4 Å². The molecule has 0 aromatic heterocycles. The van der Waals surface area contributed by atoms with Gasteiger partial charge in [-0.1, -0.05) is 6.92 Å². The molecular formula is C9H17NO2S. The van der Waals surface area contributed by atoms with Crippen LogP contribution < -0.4 is 0 Å². The maximum atomic E-state index is 11.4. The zero-order chi connectivity index (χ0) is 9.84. The van der Waals surface area contributed by atoms with Crippen LogP contribution in [0.15, 0.2) is 0 Å². The van der Waals surface area contributed by atoms with Gasteiger partial charge in [0.25, 0.3) is 0 Å². The van der Waals surface area contributed by atoms with Crippen molar-refractivity contribution in [1.29, 1.82) is 0 Å². The van der Waals surface area contributed by atoms with Crippen LogP contribution in [-0.2, 0) is 15.6 Å². The summed E-state index contributed by atoms with van der Waals surface area (Å²) in [5.41, 5.74) is 0. The summed E-state index contributed by atoms with van der Waals surface area (Å²) in [6.07, 6.45) is 0.598. The number of Topliss-reactive ketones (excluding diaryl/α,β-unsaturated/α-hetero) is 1. The number of hydrogen-bond donors (Lipinski definition) is 0.